The summed E-state index contributed by atoms with van der Waals surface area (Å²) in [4.78, 5) is 2.84. The summed E-state index contributed by atoms with van der Waals surface area (Å²) in [6, 6.07) is 0.294. The van der Waals surface area contributed by atoms with Crippen molar-refractivity contribution in [3.8, 4) is 0 Å². The molecule has 0 unspecified atom stereocenters. The van der Waals surface area contributed by atoms with E-state index < -0.39 is 0 Å². The maximum atomic E-state index is 8.20. The zero-order chi connectivity index (χ0) is 8.10. The molecule has 0 aromatic rings. The van der Waals surface area contributed by atoms with Crippen LogP contribution in [0.25, 0.3) is 10.4 Å². The number of hydrogen-bond acceptors (Lipinski definition) is 1. The molecule has 3 heteroatoms. The van der Waals surface area contributed by atoms with Crippen LogP contribution in [-0.2, 0) is 0 Å². The summed E-state index contributed by atoms with van der Waals surface area (Å²) >= 11 is 0. The van der Waals surface area contributed by atoms with E-state index in [0.29, 0.717) is 6.04 Å². The van der Waals surface area contributed by atoms with Crippen LogP contribution >= 0.6 is 0 Å². The van der Waals surface area contributed by atoms with Crippen molar-refractivity contribution >= 4 is 0 Å². The van der Waals surface area contributed by atoms with Crippen molar-refractivity contribution in [2.45, 2.75) is 45.1 Å². The van der Waals surface area contributed by atoms with Crippen molar-refractivity contribution in [1.82, 2.24) is 0 Å². The monoisotopic (exact) mass is 153 g/mol. The summed E-state index contributed by atoms with van der Waals surface area (Å²) in [5.41, 5.74) is 8.20. The quantitative estimate of drug-likeness (QED) is 0.332. The van der Waals surface area contributed by atoms with E-state index in [-0.39, 0.29) is 0 Å². The summed E-state index contributed by atoms with van der Waals surface area (Å²) in [5, 5.41) is 3.73. The fourth-order valence-electron chi connectivity index (χ4n) is 1.74. The fraction of sp³-hybridized carbons (Fsp3) is 1.00. The van der Waals surface area contributed by atoms with Crippen LogP contribution in [0, 0.1) is 5.92 Å². The van der Waals surface area contributed by atoms with E-state index in [0.717, 1.165) is 18.8 Å². The molecule has 0 heterocycles. The lowest BCUT2D eigenvalue weighted by atomic mass is 9.85. The summed E-state index contributed by atoms with van der Waals surface area (Å²) in [6.45, 7) is 2.23. The van der Waals surface area contributed by atoms with Gasteiger partial charge in [0, 0.05) is 11.0 Å². The SMILES string of the molecule is CCC1CCC(N=[N+]=[N-])CC1. The van der Waals surface area contributed by atoms with Crippen LogP contribution in [0.4, 0.5) is 0 Å². The first-order valence-corrected chi connectivity index (χ1v) is 4.41. The second-order valence-electron chi connectivity index (χ2n) is 3.29. The molecule has 0 saturated heterocycles. The van der Waals surface area contributed by atoms with Gasteiger partial charge in [-0.2, -0.15) is 0 Å². The van der Waals surface area contributed by atoms with E-state index in [4.69, 9.17) is 5.53 Å². The largest absolute Gasteiger partial charge is 0.0906 e. The van der Waals surface area contributed by atoms with Crippen LogP contribution in [0.5, 0.6) is 0 Å². The van der Waals surface area contributed by atoms with Gasteiger partial charge in [-0.05, 0) is 24.3 Å². The predicted octanol–water partition coefficient (Wildman–Crippen LogP) is 3.27. The highest BCUT2D eigenvalue weighted by molar-refractivity contribution is 4.76. The molecule has 0 aromatic carbocycles. The normalized spacial score (nSPS) is 31.0. The molecule has 1 saturated carbocycles. The predicted molar refractivity (Wildman–Crippen MR) is 45.2 cm³/mol. The van der Waals surface area contributed by atoms with Gasteiger partial charge in [-0.3, -0.25) is 0 Å². The molecule has 62 valence electrons. The molecule has 0 aliphatic heterocycles. The van der Waals surface area contributed by atoms with E-state index in [9.17, 15) is 0 Å². The van der Waals surface area contributed by atoms with Crippen molar-refractivity contribution in [1.29, 1.82) is 0 Å². The maximum Gasteiger partial charge on any atom is 0.0374 e. The van der Waals surface area contributed by atoms with Crippen molar-refractivity contribution in [3.05, 3.63) is 10.4 Å². The molecule has 11 heavy (non-hydrogen) atoms. The zero-order valence-corrected chi connectivity index (χ0v) is 7.03. The van der Waals surface area contributed by atoms with Gasteiger partial charge in [-0.15, -0.1) is 0 Å². The maximum absolute atomic E-state index is 8.20. The Hall–Kier alpha value is -0.690. The summed E-state index contributed by atoms with van der Waals surface area (Å²) < 4.78 is 0. The molecule has 0 spiro atoms. The van der Waals surface area contributed by atoms with E-state index in [2.05, 4.69) is 16.9 Å². The van der Waals surface area contributed by atoms with Gasteiger partial charge < -0.3 is 0 Å². The van der Waals surface area contributed by atoms with E-state index in [1.807, 2.05) is 0 Å². The molecule has 0 aromatic heterocycles. The minimum atomic E-state index is 0.294. The molecule has 0 bridgehead atoms. The highest BCUT2D eigenvalue weighted by Gasteiger charge is 2.18. The zero-order valence-electron chi connectivity index (χ0n) is 7.03. The third kappa shape index (κ3) is 2.43. The Morgan fingerprint density at radius 1 is 1.36 bits per heavy atom. The van der Waals surface area contributed by atoms with Gasteiger partial charge in [0.25, 0.3) is 0 Å². The third-order valence-electron chi connectivity index (χ3n) is 2.61. The Bertz CT molecular complexity index is 153. The second-order valence-corrected chi connectivity index (χ2v) is 3.29. The molecule has 1 aliphatic rings. The minimum absolute atomic E-state index is 0.294. The molecule has 0 N–H and O–H groups in total. The lowest BCUT2D eigenvalue weighted by Gasteiger charge is -2.24. The fourth-order valence-corrected chi connectivity index (χ4v) is 1.74. The molecule has 3 nitrogen and oxygen atoms in total. The van der Waals surface area contributed by atoms with Crippen molar-refractivity contribution in [3.63, 3.8) is 0 Å². The van der Waals surface area contributed by atoms with Gasteiger partial charge in [-0.25, -0.2) is 0 Å². The smallest absolute Gasteiger partial charge is 0.0374 e. The Kier molecular flexibility index (Phi) is 3.24. The van der Waals surface area contributed by atoms with E-state index >= 15 is 0 Å². The topological polar surface area (TPSA) is 48.8 Å². The molecule has 1 rings (SSSR count). The van der Waals surface area contributed by atoms with Crippen LogP contribution in [0.1, 0.15) is 39.0 Å². The third-order valence-corrected chi connectivity index (χ3v) is 2.61. The summed E-state index contributed by atoms with van der Waals surface area (Å²) in [6.07, 6.45) is 5.98. The van der Waals surface area contributed by atoms with Crippen LogP contribution < -0.4 is 0 Å². The number of hydrogen-bond donors (Lipinski definition) is 0. The molecule has 0 radical (unpaired) electrons. The minimum Gasteiger partial charge on any atom is -0.0906 e. The first-order valence-electron chi connectivity index (χ1n) is 4.41. The second kappa shape index (κ2) is 4.24. The first-order chi connectivity index (χ1) is 5.36. The molecule has 1 aliphatic carbocycles. The van der Waals surface area contributed by atoms with Crippen LogP contribution in [0.3, 0.4) is 0 Å². The molecule has 0 amide bonds. The molecule has 0 atom stereocenters. The van der Waals surface area contributed by atoms with Crippen molar-refractivity contribution < 1.29 is 0 Å². The van der Waals surface area contributed by atoms with Gasteiger partial charge in [0.1, 0.15) is 0 Å². The van der Waals surface area contributed by atoms with Crippen molar-refractivity contribution in [2.75, 3.05) is 0 Å². The van der Waals surface area contributed by atoms with Crippen LogP contribution in [0.2, 0.25) is 0 Å². The van der Waals surface area contributed by atoms with Gasteiger partial charge >= 0.3 is 0 Å². The van der Waals surface area contributed by atoms with E-state index in [1.54, 1.807) is 0 Å². The Morgan fingerprint density at radius 3 is 2.45 bits per heavy atom. The standard InChI is InChI=1S/C8H15N3/c1-2-7-3-5-8(6-4-7)10-11-9/h7-8H,2-6H2,1H3. The first kappa shape index (κ1) is 8.41. The Morgan fingerprint density at radius 2 is 2.00 bits per heavy atom. The average molecular weight is 153 g/mol. The highest BCUT2D eigenvalue weighted by atomic mass is 15.1. The van der Waals surface area contributed by atoms with Crippen LogP contribution in [-0.4, -0.2) is 6.04 Å². The molecular formula is C8H15N3. The Labute approximate surface area is 67.4 Å². The number of nitrogens with zero attached hydrogens (tertiary/aromatic N) is 3. The van der Waals surface area contributed by atoms with E-state index in [1.165, 1.54) is 19.3 Å². The van der Waals surface area contributed by atoms with Gasteiger partial charge in [-0.1, -0.05) is 31.3 Å². The molecular weight excluding hydrogens is 138 g/mol. The molecule has 1 fully saturated rings. The lowest BCUT2D eigenvalue weighted by molar-refractivity contribution is 0.319. The lowest BCUT2D eigenvalue weighted by Crippen LogP contribution is -2.15. The highest BCUT2D eigenvalue weighted by Crippen LogP contribution is 2.27. The summed E-state index contributed by atoms with van der Waals surface area (Å²) in [5.74, 6) is 0.889. The summed E-state index contributed by atoms with van der Waals surface area (Å²) in [7, 11) is 0. The van der Waals surface area contributed by atoms with Crippen LogP contribution in [0.15, 0.2) is 5.11 Å². The van der Waals surface area contributed by atoms with Gasteiger partial charge in [0.15, 0.2) is 0 Å². The number of rotatable bonds is 2. The van der Waals surface area contributed by atoms with Gasteiger partial charge in [0.05, 0.1) is 0 Å². The van der Waals surface area contributed by atoms with Crippen molar-refractivity contribution in [2.24, 2.45) is 11.0 Å². The average Bonchev–Trinajstić information content (AvgIpc) is 2.07. The number of azide groups is 1. The Balaban J connectivity index is 2.29. The van der Waals surface area contributed by atoms with Gasteiger partial charge in [0.2, 0.25) is 0 Å².